The number of nitrogens with zero attached hydrogens (tertiary/aromatic N) is 1. The van der Waals surface area contributed by atoms with Crippen LogP contribution in [-0.4, -0.2) is 11.5 Å². The van der Waals surface area contributed by atoms with Crippen LogP contribution in [-0.2, 0) is 12.7 Å². The summed E-state index contributed by atoms with van der Waals surface area (Å²) in [5.74, 6) is 0.439. The Labute approximate surface area is 103 Å². The Bertz CT molecular complexity index is 377. The van der Waals surface area contributed by atoms with Crippen LogP contribution in [0.25, 0.3) is 0 Å². The lowest BCUT2D eigenvalue weighted by Crippen LogP contribution is -2.19. The van der Waals surface area contributed by atoms with Crippen molar-refractivity contribution < 1.29 is 13.2 Å². The Morgan fingerprint density at radius 3 is 2.53 bits per heavy atom. The summed E-state index contributed by atoms with van der Waals surface area (Å²) >= 11 is 5.56. The largest absolute Gasteiger partial charge is 0.433 e. The van der Waals surface area contributed by atoms with Crippen molar-refractivity contribution in [1.29, 1.82) is 0 Å². The van der Waals surface area contributed by atoms with Gasteiger partial charge < -0.3 is 5.32 Å². The van der Waals surface area contributed by atoms with Crippen molar-refractivity contribution in [3.05, 3.63) is 28.5 Å². The van der Waals surface area contributed by atoms with Gasteiger partial charge in [0.25, 0.3) is 0 Å². The van der Waals surface area contributed by atoms with Crippen molar-refractivity contribution in [2.45, 2.75) is 26.6 Å². The summed E-state index contributed by atoms with van der Waals surface area (Å²) in [7, 11) is 0. The summed E-state index contributed by atoms with van der Waals surface area (Å²) in [5.41, 5.74) is -0.468. The Kier molecular flexibility index (Phi) is 4.77. The molecule has 96 valence electrons. The number of nitrogens with one attached hydrogen (secondary N) is 1. The maximum atomic E-state index is 12.5. The predicted octanol–water partition coefficient (Wildman–Crippen LogP) is 3.50. The lowest BCUT2D eigenvalue weighted by molar-refractivity contribution is -0.141. The van der Waals surface area contributed by atoms with Gasteiger partial charge in [-0.2, -0.15) is 13.2 Å². The fourth-order valence-corrected chi connectivity index (χ4v) is 1.53. The quantitative estimate of drug-likeness (QED) is 0.844. The van der Waals surface area contributed by atoms with Crippen LogP contribution >= 0.6 is 11.6 Å². The molecule has 17 heavy (non-hydrogen) atoms. The van der Waals surface area contributed by atoms with Gasteiger partial charge in [-0.3, -0.25) is 0 Å². The van der Waals surface area contributed by atoms with Crippen LogP contribution in [0, 0.1) is 5.92 Å². The minimum Gasteiger partial charge on any atom is -0.312 e. The maximum Gasteiger partial charge on any atom is 0.433 e. The van der Waals surface area contributed by atoms with E-state index in [-0.39, 0.29) is 5.15 Å². The van der Waals surface area contributed by atoms with Gasteiger partial charge in [-0.1, -0.05) is 25.4 Å². The van der Waals surface area contributed by atoms with Crippen LogP contribution in [0.3, 0.4) is 0 Å². The summed E-state index contributed by atoms with van der Waals surface area (Å²) < 4.78 is 37.4. The Hall–Kier alpha value is -0.810. The number of hydrogen-bond acceptors (Lipinski definition) is 2. The fourth-order valence-electron chi connectivity index (χ4n) is 1.30. The zero-order valence-corrected chi connectivity index (χ0v) is 10.4. The van der Waals surface area contributed by atoms with Crippen LogP contribution in [0.5, 0.6) is 0 Å². The number of aromatic nitrogens is 1. The van der Waals surface area contributed by atoms with Crippen LogP contribution in [0.2, 0.25) is 5.15 Å². The number of hydrogen-bond donors (Lipinski definition) is 1. The monoisotopic (exact) mass is 266 g/mol. The standard InChI is InChI=1S/C11H14ClF3N2/c1-7(2)5-16-6-8-3-9(11(13,14)15)17-10(12)4-8/h3-4,7,16H,5-6H2,1-2H3. The van der Waals surface area contributed by atoms with E-state index >= 15 is 0 Å². The van der Waals surface area contributed by atoms with Gasteiger partial charge in [-0.25, -0.2) is 4.98 Å². The molecule has 2 nitrogen and oxygen atoms in total. The van der Waals surface area contributed by atoms with Gasteiger partial charge in [-0.05, 0) is 30.2 Å². The Morgan fingerprint density at radius 2 is 2.00 bits per heavy atom. The second-order valence-electron chi connectivity index (χ2n) is 4.21. The van der Waals surface area contributed by atoms with Gasteiger partial charge in [-0.15, -0.1) is 0 Å². The molecule has 0 radical (unpaired) electrons. The van der Waals surface area contributed by atoms with E-state index in [1.165, 1.54) is 6.07 Å². The normalized spacial score (nSPS) is 12.2. The highest BCUT2D eigenvalue weighted by Gasteiger charge is 2.33. The molecular formula is C11H14ClF3N2. The SMILES string of the molecule is CC(C)CNCc1cc(Cl)nc(C(F)(F)F)c1. The molecule has 0 amide bonds. The average Bonchev–Trinajstić information content (AvgIpc) is 2.14. The van der Waals surface area contributed by atoms with Crippen molar-refractivity contribution in [1.82, 2.24) is 10.3 Å². The second-order valence-corrected chi connectivity index (χ2v) is 4.59. The third kappa shape index (κ3) is 4.91. The van der Waals surface area contributed by atoms with Crippen molar-refractivity contribution in [3.8, 4) is 0 Å². The van der Waals surface area contributed by atoms with Gasteiger partial charge >= 0.3 is 6.18 Å². The first-order valence-corrected chi connectivity index (χ1v) is 5.61. The van der Waals surface area contributed by atoms with E-state index in [1.807, 2.05) is 13.8 Å². The summed E-state index contributed by atoms with van der Waals surface area (Å²) in [4.78, 5) is 3.26. The van der Waals surface area contributed by atoms with Crippen LogP contribution < -0.4 is 5.32 Å². The molecule has 0 unspecified atom stereocenters. The third-order valence-corrected chi connectivity index (χ3v) is 2.22. The molecule has 0 spiro atoms. The van der Waals surface area contributed by atoms with Crippen LogP contribution in [0.15, 0.2) is 12.1 Å². The van der Waals surface area contributed by atoms with Gasteiger partial charge in [0.15, 0.2) is 0 Å². The molecule has 0 bridgehead atoms. The highest BCUT2D eigenvalue weighted by atomic mass is 35.5. The van der Waals surface area contributed by atoms with E-state index in [9.17, 15) is 13.2 Å². The van der Waals surface area contributed by atoms with E-state index in [2.05, 4.69) is 10.3 Å². The number of alkyl halides is 3. The molecule has 0 saturated carbocycles. The molecule has 0 atom stereocenters. The summed E-state index contributed by atoms with van der Waals surface area (Å²) in [6, 6.07) is 2.45. The molecule has 1 rings (SSSR count). The minimum atomic E-state index is -4.46. The molecule has 0 saturated heterocycles. The summed E-state index contributed by atoms with van der Waals surface area (Å²) in [6.07, 6.45) is -4.46. The highest BCUT2D eigenvalue weighted by molar-refractivity contribution is 6.29. The maximum absolute atomic E-state index is 12.5. The van der Waals surface area contributed by atoms with Crippen molar-refractivity contribution in [2.24, 2.45) is 5.92 Å². The van der Waals surface area contributed by atoms with Gasteiger partial charge in [0.1, 0.15) is 10.8 Å². The molecule has 1 aromatic rings. The molecule has 0 aliphatic heterocycles. The molecule has 0 fully saturated rings. The van der Waals surface area contributed by atoms with Crippen molar-refractivity contribution in [2.75, 3.05) is 6.54 Å². The zero-order valence-electron chi connectivity index (χ0n) is 9.61. The fraction of sp³-hybridized carbons (Fsp3) is 0.545. The Balaban J connectivity index is 2.76. The number of halogens is 4. The molecule has 0 aromatic carbocycles. The molecular weight excluding hydrogens is 253 g/mol. The predicted molar refractivity (Wildman–Crippen MR) is 60.8 cm³/mol. The Morgan fingerprint density at radius 1 is 1.35 bits per heavy atom. The van der Waals surface area contributed by atoms with E-state index in [0.29, 0.717) is 18.0 Å². The van der Waals surface area contributed by atoms with Gasteiger partial charge in [0, 0.05) is 6.54 Å². The minimum absolute atomic E-state index is 0.138. The van der Waals surface area contributed by atoms with Gasteiger partial charge in [0.2, 0.25) is 0 Å². The van der Waals surface area contributed by atoms with Gasteiger partial charge in [0.05, 0.1) is 0 Å². The first-order chi connectivity index (χ1) is 7.79. The average molecular weight is 267 g/mol. The van der Waals surface area contributed by atoms with Crippen molar-refractivity contribution >= 4 is 11.6 Å². The highest BCUT2D eigenvalue weighted by Crippen LogP contribution is 2.29. The third-order valence-electron chi connectivity index (χ3n) is 2.03. The molecule has 0 aliphatic rings. The van der Waals surface area contributed by atoms with E-state index in [4.69, 9.17) is 11.6 Å². The van der Waals surface area contributed by atoms with Crippen molar-refractivity contribution in [3.63, 3.8) is 0 Å². The topological polar surface area (TPSA) is 24.9 Å². The first-order valence-electron chi connectivity index (χ1n) is 5.23. The summed E-state index contributed by atoms with van der Waals surface area (Å²) in [6.45, 7) is 5.13. The molecule has 1 N–H and O–H groups in total. The van der Waals surface area contributed by atoms with E-state index < -0.39 is 11.9 Å². The number of rotatable bonds is 4. The first kappa shape index (κ1) is 14.3. The second kappa shape index (κ2) is 5.69. The lowest BCUT2D eigenvalue weighted by atomic mass is 10.2. The molecule has 6 heteroatoms. The summed E-state index contributed by atoms with van der Waals surface area (Å²) in [5, 5.41) is 2.92. The zero-order chi connectivity index (χ0) is 13.1. The lowest BCUT2D eigenvalue weighted by Gasteiger charge is -2.10. The van der Waals surface area contributed by atoms with E-state index in [0.717, 1.165) is 12.6 Å². The molecule has 1 heterocycles. The van der Waals surface area contributed by atoms with E-state index in [1.54, 1.807) is 0 Å². The van der Waals surface area contributed by atoms with Crippen LogP contribution in [0.1, 0.15) is 25.1 Å². The molecule has 1 aromatic heterocycles. The number of pyridine rings is 1. The van der Waals surface area contributed by atoms with Crippen LogP contribution in [0.4, 0.5) is 13.2 Å². The smallest absolute Gasteiger partial charge is 0.312 e. The molecule has 0 aliphatic carbocycles.